The molecule has 0 saturated carbocycles. The SMILES string of the molecule is C[C@@H]1NCc2ccc(Br)cc21.Cl. The molecular weight excluding hydrogens is 237 g/mol. The summed E-state index contributed by atoms with van der Waals surface area (Å²) >= 11 is 3.46. The minimum atomic E-state index is 0. The van der Waals surface area contributed by atoms with Gasteiger partial charge in [0.15, 0.2) is 0 Å². The Morgan fingerprint density at radius 2 is 2.25 bits per heavy atom. The Morgan fingerprint density at radius 3 is 3.00 bits per heavy atom. The summed E-state index contributed by atoms with van der Waals surface area (Å²) in [4.78, 5) is 0. The number of hydrogen-bond acceptors (Lipinski definition) is 1. The van der Waals surface area contributed by atoms with Crippen molar-refractivity contribution in [1.82, 2.24) is 5.32 Å². The molecule has 0 saturated heterocycles. The lowest BCUT2D eigenvalue weighted by Crippen LogP contribution is -2.06. The van der Waals surface area contributed by atoms with E-state index in [0.29, 0.717) is 6.04 Å². The lowest BCUT2D eigenvalue weighted by molar-refractivity contribution is 0.633. The van der Waals surface area contributed by atoms with E-state index >= 15 is 0 Å². The Bertz CT molecular complexity index is 288. The van der Waals surface area contributed by atoms with E-state index in [-0.39, 0.29) is 12.4 Å². The van der Waals surface area contributed by atoms with Gasteiger partial charge < -0.3 is 5.32 Å². The van der Waals surface area contributed by atoms with E-state index in [1.807, 2.05) is 0 Å². The summed E-state index contributed by atoms with van der Waals surface area (Å²) in [5.41, 5.74) is 2.86. The van der Waals surface area contributed by atoms with E-state index in [1.165, 1.54) is 15.6 Å². The number of benzene rings is 1. The number of rotatable bonds is 0. The summed E-state index contributed by atoms with van der Waals surface area (Å²) in [7, 11) is 0. The molecule has 0 unspecified atom stereocenters. The zero-order valence-corrected chi connectivity index (χ0v) is 9.21. The first-order valence-corrected chi connectivity index (χ1v) is 4.58. The Labute approximate surface area is 87.1 Å². The molecule has 0 aliphatic carbocycles. The molecule has 0 radical (unpaired) electrons. The fourth-order valence-electron chi connectivity index (χ4n) is 1.50. The molecule has 2 rings (SSSR count). The average Bonchev–Trinajstić information content (AvgIpc) is 2.33. The zero-order valence-electron chi connectivity index (χ0n) is 6.80. The highest BCUT2D eigenvalue weighted by Crippen LogP contribution is 2.27. The number of halogens is 2. The Kier molecular flexibility index (Phi) is 3.16. The highest BCUT2D eigenvalue weighted by Gasteiger charge is 2.16. The highest BCUT2D eigenvalue weighted by atomic mass is 79.9. The predicted molar refractivity (Wildman–Crippen MR) is 56.6 cm³/mol. The Balaban J connectivity index is 0.000000720. The molecule has 1 aromatic carbocycles. The van der Waals surface area contributed by atoms with Gasteiger partial charge in [0.25, 0.3) is 0 Å². The summed E-state index contributed by atoms with van der Waals surface area (Å²) in [6.07, 6.45) is 0. The predicted octanol–water partition coefficient (Wildman–Crippen LogP) is 3.04. The van der Waals surface area contributed by atoms with Crippen LogP contribution in [0.15, 0.2) is 22.7 Å². The minimum Gasteiger partial charge on any atom is -0.306 e. The summed E-state index contributed by atoms with van der Waals surface area (Å²) in [6.45, 7) is 3.21. The first kappa shape index (κ1) is 10.0. The van der Waals surface area contributed by atoms with Gasteiger partial charge in [-0.1, -0.05) is 22.0 Å². The second kappa shape index (κ2) is 3.77. The number of fused-ring (bicyclic) bond motifs is 1. The van der Waals surface area contributed by atoms with Crippen molar-refractivity contribution in [2.75, 3.05) is 0 Å². The van der Waals surface area contributed by atoms with Gasteiger partial charge in [0.1, 0.15) is 0 Å². The maximum atomic E-state index is 3.46. The van der Waals surface area contributed by atoms with Crippen molar-refractivity contribution >= 4 is 28.3 Å². The molecule has 1 heterocycles. The monoisotopic (exact) mass is 247 g/mol. The van der Waals surface area contributed by atoms with Crippen LogP contribution in [0, 0.1) is 0 Å². The normalized spacial score (nSPS) is 20.0. The molecule has 1 aliphatic heterocycles. The van der Waals surface area contributed by atoms with Crippen LogP contribution in [0.2, 0.25) is 0 Å². The van der Waals surface area contributed by atoms with Gasteiger partial charge in [-0.05, 0) is 30.2 Å². The maximum Gasteiger partial charge on any atom is 0.0298 e. The molecule has 12 heavy (non-hydrogen) atoms. The summed E-state index contributed by atoms with van der Waals surface area (Å²) in [6, 6.07) is 6.98. The largest absolute Gasteiger partial charge is 0.306 e. The third-order valence-electron chi connectivity index (χ3n) is 2.17. The van der Waals surface area contributed by atoms with Crippen LogP contribution >= 0.6 is 28.3 Å². The molecule has 3 heteroatoms. The topological polar surface area (TPSA) is 12.0 Å². The molecule has 0 aromatic heterocycles. The molecular formula is C9H11BrClN. The van der Waals surface area contributed by atoms with Crippen molar-refractivity contribution < 1.29 is 0 Å². The minimum absolute atomic E-state index is 0. The van der Waals surface area contributed by atoms with Gasteiger partial charge in [-0.15, -0.1) is 12.4 Å². The van der Waals surface area contributed by atoms with E-state index in [0.717, 1.165) is 6.54 Å². The molecule has 1 aromatic rings. The average molecular weight is 249 g/mol. The van der Waals surface area contributed by atoms with E-state index in [9.17, 15) is 0 Å². The van der Waals surface area contributed by atoms with Crippen LogP contribution in [0.5, 0.6) is 0 Å². The van der Waals surface area contributed by atoms with Gasteiger partial charge in [-0.3, -0.25) is 0 Å². The molecule has 0 spiro atoms. The molecule has 1 N–H and O–H groups in total. The summed E-state index contributed by atoms with van der Waals surface area (Å²) in [5, 5.41) is 3.39. The van der Waals surface area contributed by atoms with Crippen LogP contribution in [-0.2, 0) is 6.54 Å². The van der Waals surface area contributed by atoms with Gasteiger partial charge in [0.05, 0.1) is 0 Å². The van der Waals surface area contributed by atoms with Crippen LogP contribution in [0.25, 0.3) is 0 Å². The van der Waals surface area contributed by atoms with Crippen LogP contribution in [-0.4, -0.2) is 0 Å². The molecule has 1 aliphatic rings. The van der Waals surface area contributed by atoms with Crippen molar-refractivity contribution in [3.8, 4) is 0 Å². The first-order valence-electron chi connectivity index (χ1n) is 3.79. The summed E-state index contributed by atoms with van der Waals surface area (Å²) < 4.78 is 1.17. The van der Waals surface area contributed by atoms with Crippen molar-refractivity contribution in [3.05, 3.63) is 33.8 Å². The van der Waals surface area contributed by atoms with E-state index in [2.05, 4.69) is 46.4 Å². The molecule has 1 nitrogen and oxygen atoms in total. The van der Waals surface area contributed by atoms with Crippen LogP contribution in [0.1, 0.15) is 24.1 Å². The smallest absolute Gasteiger partial charge is 0.0298 e. The number of hydrogen-bond donors (Lipinski definition) is 1. The molecule has 0 fully saturated rings. The third-order valence-corrected chi connectivity index (χ3v) is 2.67. The Morgan fingerprint density at radius 1 is 1.50 bits per heavy atom. The Hall–Kier alpha value is -0.0500. The van der Waals surface area contributed by atoms with E-state index in [1.54, 1.807) is 0 Å². The standard InChI is InChI=1S/C9H10BrN.ClH/c1-6-9-4-8(10)3-2-7(9)5-11-6;/h2-4,6,11H,5H2,1H3;1H/t6-;/m0./s1. The van der Waals surface area contributed by atoms with Gasteiger partial charge in [0.2, 0.25) is 0 Å². The van der Waals surface area contributed by atoms with Crippen molar-refractivity contribution in [3.63, 3.8) is 0 Å². The van der Waals surface area contributed by atoms with Gasteiger partial charge in [-0.2, -0.15) is 0 Å². The van der Waals surface area contributed by atoms with Crippen molar-refractivity contribution in [1.29, 1.82) is 0 Å². The lowest BCUT2D eigenvalue weighted by Gasteiger charge is -2.03. The third kappa shape index (κ3) is 1.65. The fourth-order valence-corrected chi connectivity index (χ4v) is 1.88. The van der Waals surface area contributed by atoms with Gasteiger partial charge in [-0.25, -0.2) is 0 Å². The van der Waals surface area contributed by atoms with Crippen molar-refractivity contribution in [2.24, 2.45) is 0 Å². The highest BCUT2D eigenvalue weighted by molar-refractivity contribution is 9.10. The summed E-state index contributed by atoms with van der Waals surface area (Å²) in [5.74, 6) is 0. The fraction of sp³-hybridized carbons (Fsp3) is 0.333. The maximum absolute atomic E-state index is 3.46. The molecule has 0 amide bonds. The zero-order chi connectivity index (χ0) is 7.84. The molecule has 66 valence electrons. The second-order valence-electron chi connectivity index (χ2n) is 2.95. The van der Waals surface area contributed by atoms with Crippen LogP contribution in [0.3, 0.4) is 0 Å². The first-order chi connectivity index (χ1) is 5.27. The van der Waals surface area contributed by atoms with Gasteiger partial charge >= 0.3 is 0 Å². The molecule has 1 atom stereocenters. The van der Waals surface area contributed by atoms with E-state index < -0.39 is 0 Å². The van der Waals surface area contributed by atoms with Gasteiger partial charge in [0, 0.05) is 17.1 Å². The van der Waals surface area contributed by atoms with Crippen molar-refractivity contribution in [2.45, 2.75) is 19.5 Å². The number of nitrogens with one attached hydrogen (secondary N) is 1. The second-order valence-corrected chi connectivity index (χ2v) is 3.86. The van der Waals surface area contributed by atoms with E-state index in [4.69, 9.17) is 0 Å². The van der Waals surface area contributed by atoms with Crippen LogP contribution in [0.4, 0.5) is 0 Å². The molecule has 0 bridgehead atoms. The van der Waals surface area contributed by atoms with Crippen LogP contribution < -0.4 is 5.32 Å². The quantitative estimate of drug-likeness (QED) is 0.744. The lowest BCUT2D eigenvalue weighted by atomic mass is 10.1.